The van der Waals surface area contributed by atoms with Gasteiger partial charge in [0.2, 0.25) is 5.91 Å². The number of hydrogen-bond donors (Lipinski definition) is 1. The highest BCUT2D eigenvalue weighted by Gasteiger charge is 2.30. The van der Waals surface area contributed by atoms with Crippen LogP contribution in [-0.4, -0.2) is 28.2 Å². The molecule has 1 heterocycles. The Kier molecular flexibility index (Phi) is 5.81. The summed E-state index contributed by atoms with van der Waals surface area (Å²) in [5, 5.41) is 12.0. The van der Waals surface area contributed by atoms with Crippen LogP contribution in [-0.2, 0) is 4.79 Å². The van der Waals surface area contributed by atoms with Crippen molar-refractivity contribution in [3.05, 3.63) is 18.5 Å². The Balaban J connectivity index is 1.90. The number of aromatic nitrogens is 2. The van der Waals surface area contributed by atoms with Gasteiger partial charge in [-0.1, -0.05) is 24.6 Å². The lowest BCUT2D eigenvalue weighted by Crippen LogP contribution is -2.37. The minimum absolute atomic E-state index is 0.0193. The van der Waals surface area contributed by atoms with Crippen molar-refractivity contribution in [2.24, 2.45) is 11.8 Å². The van der Waals surface area contributed by atoms with Crippen molar-refractivity contribution < 1.29 is 4.79 Å². The van der Waals surface area contributed by atoms with Gasteiger partial charge in [0.1, 0.15) is 6.54 Å². The van der Waals surface area contributed by atoms with E-state index in [9.17, 15) is 4.79 Å². The molecule has 2 atom stereocenters. The van der Waals surface area contributed by atoms with Gasteiger partial charge in [0.25, 0.3) is 0 Å². The van der Waals surface area contributed by atoms with Crippen LogP contribution in [0.4, 0.5) is 0 Å². The second-order valence-electron chi connectivity index (χ2n) is 4.87. The molecule has 2 unspecified atom stereocenters. The monoisotopic (exact) mass is 290 g/mol. The van der Waals surface area contributed by atoms with Crippen molar-refractivity contribution in [2.45, 2.75) is 30.8 Å². The van der Waals surface area contributed by atoms with Crippen molar-refractivity contribution >= 4 is 17.7 Å². The summed E-state index contributed by atoms with van der Waals surface area (Å²) in [5.74, 6) is 1.24. The van der Waals surface area contributed by atoms with Gasteiger partial charge in [0.05, 0.1) is 6.07 Å². The molecule has 6 heteroatoms. The number of amides is 1. The zero-order valence-electron chi connectivity index (χ0n) is 11.3. The average molecular weight is 290 g/mol. The smallest absolute Gasteiger partial charge is 0.224 e. The lowest BCUT2D eigenvalue weighted by atomic mass is 9.80. The molecule has 0 spiro atoms. The highest BCUT2D eigenvalue weighted by atomic mass is 32.2. The summed E-state index contributed by atoms with van der Waals surface area (Å²) in [7, 11) is 0. The summed E-state index contributed by atoms with van der Waals surface area (Å²) >= 11 is 1.60. The summed E-state index contributed by atoms with van der Waals surface area (Å²) in [4.78, 5) is 20.5. The van der Waals surface area contributed by atoms with E-state index in [1.165, 1.54) is 6.42 Å². The van der Waals surface area contributed by atoms with E-state index in [0.29, 0.717) is 5.92 Å². The first-order valence-electron chi connectivity index (χ1n) is 6.85. The van der Waals surface area contributed by atoms with Crippen LogP contribution in [0.1, 0.15) is 25.7 Å². The molecule has 1 saturated carbocycles. The van der Waals surface area contributed by atoms with Crippen LogP contribution in [0.15, 0.2) is 23.6 Å². The van der Waals surface area contributed by atoms with Gasteiger partial charge in [-0.15, -0.1) is 0 Å². The van der Waals surface area contributed by atoms with E-state index in [1.54, 1.807) is 30.2 Å². The Morgan fingerprint density at radius 1 is 1.40 bits per heavy atom. The minimum Gasteiger partial charge on any atom is -0.343 e. The predicted molar refractivity (Wildman–Crippen MR) is 76.8 cm³/mol. The number of thioether (sulfide) groups is 1. The Morgan fingerprint density at radius 3 is 2.90 bits per heavy atom. The minimum atomic E-state index is 0.0193. The molecule has 2 rings (SSSR count). The second kappa shape index (κ2) is 7.85. The maximum atomic E-state index is 12.1. The van der Waals surface area contributed by atoms with Gasteiger partial charge in [-0.25, -0.2) is 9.97 Å². The summed E-state index contributed by atoms with van der Waals surface area (Å²) < 4.78 is 0. The first-order valence-corrected chi connectivity index (χ1v) is 7.84. The van der Waals surface area contributed by atoms with Crippen molar-refractivity contribution in [3.8, 4) is 6.07 Å². The van der Waals surface area contributed by atoms with Gasteiger partial charge in [-0.05, 0) is 24.8 Å². The molecule has 0 bridgehead atoms. The fourth-order valence-electron chi connectivity index (χ4n) is 2.55. The van der Waals surface area contributed by atoms with Crippen LogP contribution in [0.25, 0.3) is 0 Å². The number of nitrogens with one attached hydrogen (secondary N) is 1. The third-order valence-corrected chi connectivity index (χ3v) is 4.62. The molecule has 1 aliphatic carbocycles. The average Bonchev–Trinajstić information content (AvgIpc) is 2.52. The molecule has 0 aliphatic heterocycles. The van der Waals surface area contributed by atoms with Gasteiger partial charge in [-0.3, -0.25) is 4.79 Å². The van der Waals surface area contributed by atoms with E-state index in [0.717, 1.165) is 30.2 Å². The highest BCUT2D eigenvalue weighted by molar-refractivity contribution is 7.99. The Hall–Kier alpha value is -1.61. The summed E-state index contributed by atoms with van der Waals surface area (Å²) in [6.07, 6.45) is 7.69. The van der Waals surface area contributed by atoms with Gasteiger partial charge in [-0.2, -0.15) is 5.26 Å². The third kappa shape index (κ3) is 4.20. The van der Waals surface area contributed by atoms with Crippen LogP contribution >= 0.6 is 11.8 Å². The van der Waals surface area contributed by atoms with Crippen LogP contribution in [0, 0.1) is 23.2 Å². The van der Waals surface area contributed by atoms with Crippen molar-refractivity contribution in [2.75, 3.05) is 12.3 Å². The first-order chi connectivity index (χ1) is 9.81. The molecule has 1 aromatic heterocycles. The first kappa shape index (κ1) is 14.8. The zero-order valence-corrected chi connectivity index (χ0v) is 12.1. The lowest BCUT2D eigenvalue weighted by Gasteiger charge is -2.29. The SMILES string of the molecule is N#CCNC(=O)C1CCCCC1CSc1ncccn1. The number of rotatable bonds is 5. The molecule has 20 heavy (non-hydrogen) atoms. The molecule has 1 aromatic rings. The van der Waals surface area contributed by atoms with Crippen LogP contribution < -0.4 is 5.32 Å². The maximum absolute atomic E-state index is 12.1. The van der Waals surface area contributed by atoms with E-state index >= 15 is 0 Å². The Morgan fingerprint density at radius 2 is 2.15 bits per heavy atom. The fraction of sp³-hybridized carbons (Fsp3) is 0.571. The molecule has 1 amide bonds. The number of hydrogen-bond acceptors (Lipinski definition) is 5. The molecule has 0 aromatic carbocycles. The van der Waals surface area contributed by atoms with Crippen LogP contribution in [0.3, 0.4) is 0 Å². The number of nitrogens with zero attached hydrogens (tertiary/aromatic N) is 3. The van der Waals surface area contributed by atoms with Crippen LogP contribution in [0.2, 0.25) is 0 Å². The van der Waals surface area contributed by atoms with Gasteiger partial charge in [0.15, 0.2) is 5.16 Å². The molecule has 1 aliphatic rings. The topological polar surface area (TPSA) is 78.7 Å². The Bertz CT molecular complexity index is 474. The molecular formula is C14H18N4OS. The van der Waals surface area contributed by atoms with Gasteiger partial charge >= 0.3 is 0 Å². The molecule has 1 N–H and O–H groups in total. The molecular weight excluding hydrogens is 272 g/mol. The number of carbonyl (C=O) groups is 1. The van der Waals surface area contributed by atoms with Crippen molar-refractivity contribution in [3.63, 3.8) is 0 Å². The van der Waals surface area contributed by atoms with E-state index in [1.807, 2.05) is 6.07 Å². The molecule has 5 nitrogen and oxygen atoms in total. The van der Waals surface area contributed by atoms with E-state index in [-0.39, 0.29) is 18.4 Å². The lowest BCUT2D eigenvalue weighted by molar-refractivity contribution is -0.127. The Labute approximate surface area is 123 Å². The molecule has 106 valence electrons. The number of carbonyl (C=O) groups excluding carboxylic acids is 1. The van der Waals surface area contributed by atoms with E-state index < -0.39 is 0 Å². The van der Waals surface area contributed by atoms with Gasteiger partial charge < -0.3 is 5.32 Å². The summed E-state index contributed by atoms with van der Waals surface area (Å²) in [6.45, 7) is 0.0942. The summed E-state index contributed by atoms with van der Waals surface area (Å²) in [6, 6.07) is 3.75. The van der Waals surface area contributed by atoms with Crippen molar-refractivity contribution in [1.82, 2.24) is 15.3 Å². The maximum Gasteiger partial charge on any atom is 0.224 e. The van der Waals surface area contributed by atoms with Crippen molar-refractivity contribution in [1.29, 1.82) is 5.26 Å². The zero-order chi connectivity index (χ0) is 14.2. The van der Waals surface area contributed by atoms with Gasteiger partial charge in [0, 0.05) is 24.1 Å². The number of nitriles is 1. The molecule has 1 fully saturated rings. The van der Waals surface area contributed by atoms with Crippen LogP contribution in [0.5, 0.6) is 0 Å². The largest absolute Gasteiger partial charge is 0.343 e. The summed E-state index contributed by atoms with van der Waals surface area (Å²) in [5.41, 5.74) is 0. The molecule has 0 saturated heterocycles. The standard InChI is InChI=1S/C14H18N4OS/c15-6-9-16-13(19)12-5-2-1-4-11(12)10-20-14-17-7-3-8-18-14/h3,7-8,11-12H,1-2,4-5,9-10H2,(H,16,19). The normalized spacial score (nSPS) is 21.9. The highest BCUT2D eigenvalue weighted by Crippen LogP contribution is 2.33. The van der Waals surface area contributed by atoms with E-state index in [2.05, 4.69) is 15.3 Å². The van der Waals surface area contributed by atoms with E-state index in [4.69, 9.17) is 5.26 Å². The molecule has 0 radical (unpaired) electrons. The quantitative estimate of drug-likeness (QED) is 0.510. The third-order valence-electron chi connectivity index (χ3n) is 3.56. The fourth-order valence-corrected chi connectivity index (χ4v) is 3.58. The predicted octanol–water partition coefficient (Wildman–Crippen LogP) is 2.01. The second-order valence-corrected chi connectivity index (χ2v) is 5.86.